The number of fused-ring (bicyclic) bond motifs is 7. The summed E-state index contributed by atoms with van der Waals surface area (Å²) in [7, 11) is 0. The molecule has 0 unspecified atom stereocenters. The van der Waals surface area contributed by atoms with E-state index in [1.807, 2.05) is 0 Å². The van der Waals surface area contributed by atoms with Crippen molar-refractivity contribution in [2.45, 2.75) is 169 Å². The van der Waals surface area contributed by atoms with Gasteiger partial charge in [-0.15, -0.1) is 0 Å². The molecule has 0 spiro atoms. The second kappa shape index (κ2) is 12.4. The molecule has 2 aliphatic carbocycles. The van der Waals surface area contributed by atoms with E-state index in [0.717, 1.165) is 0 Å². The average molecular weight is 787 g/mol. The van der Waals surface area contributed by atoms with Crippen molar-refractivity contribution >= 4 is 67.9 Å². The number of nitrogens with zero attached hydrogens (tertiary/aromatic N) is 2. The maximum Gasteiger partial charge on any atom is 0.264 e. The topological polar surface area (TPSA) is 6.48 Å². The Morgan fingerprint density at radius 2 is 1.09 bits per heavy atom. The van der Waals surface area contributed by atoms with Gasteiger partial charge in [0.2, 0.25) is 0 Å². The molecule has 0 saturated carbocycles. The number of hydrogen-bond acceptors (Lipinski definition) is 3. The summed E-state index contributed by atoms with van der Waals surface area (Å²) < 4.78 is 1.53. The third-order valence-electron chi connectivity index (χ3n) is 15.0. The second-order valence-corrected chi connectivity index (χ2v) is 24.4. The molecule has 0 saturated heterocycles. The van der Waals surface area contributed by atoms with Crippen LogP contribution < -0.4 is 25.5 Å². The molecule has 0 atom stereocenters. The maximum absolute atomic E-state index is 2.75. The van der Waals surface area contributed by atoms with Gasteiger partial charge in [-0.2, -0.15) is 11.3 Å². The molecule has 4 heteroatoms. The quantitative estimate of drug-likeness (QED) is 0.161. The molecule has 4 aromatic carbocycles. The molecule has 58 heavy (non-hydrogen) atoms. The van der Waals surface area contributed by atoms with Gasteiger partial charge in [0.25, 0.3) is 6.71 Å². The fourth-order valence-electron chi connectivity index (χ4n) is 11.0. The van der Waals surface area contributed by atoms with Crippen molar-refractivity contribution in [1.82, 2.24) is 0 Å². The fourth-order valence-corrected chi connectivity index (χ4v) is 12.7. The molecule has 302 valence electrons. The predicted octanol–water partition coefficient (Wildman–Crippen LogP) is 13.7. The van der Waals surface area contributed by atoms with E-state index in [-0.39, 0.29) is 39.2 Å². The van der Waals surface area contributed by atoms with Crippen molar-refractivity contribution in [3.8, 4) is 0 Å². The second-order valence-electron chi connectivity index (χ2n) is 23.4. The summed E-state index contributed by atoms with van der Waals surface area (Å²) in [6.07, 6.45) is 4.80. The molecule has 0 N–H and O–H groups in total. The molecule has 0 radical (unpaired) electrons. The summed E-state index contributed by atoms with van der Waals surface area (Å²) in [6.45, 7) is 38.8. The monoisotopic (exact) mass is 787 g/mol. The molecule has 1 aromatic heterocycles. The lowest BCUT2D eigenvalue weighted by molar-refractivity contribution is 0.332. The van der Waals surface area contributed by atoms with Crippen molar-refractivity contribution in [3.05, 3.63) is 111 Å². The SMILES string of the molecule is Cc1cc2c3c(c1)N(c1ccc(C(C)(C)C)cc1C)c1c(sc4c1C(C)(C)CCC4(C)C)B3c1cc3c(cc1N2c1ccc(C(C)(C)C)cc1)C(C)(C)CCC3(C)C. The highest BCUT2D eigenvalue weighted by atomic mass is 32.1. The molecule has 0 amide bonds. The summed E-state index contributed by atoms with van der Waals surface area (Å²) in [4.78, 5) is 6.99. The lowest BCUT2D eigenvalue weighted by Gasteiger charge is -2.47. The zero-order chi connectivity index (χ0) is 41.9. The smallest absolute Gasteiger partial charge is 0.264 e. The predicted molar refractivity (Wildman–Crippen MR) is 256 cm³/mol. The molecule has 3 heterocycles. The molecule has 9 rings (SSSR count). The maximum atomic E-state index is 2.75. The van der Waals surface area contributed by atoms with Gasteiger partial charge in [-0.25, -0.2) is 0 Å². The highest BCUT2D eigenvalue weighted by Gasteiger charge is 2.52. The van der Waals surface area contributed by atoms with E-state index in [1.165, 1.54) is 103 Å². The number of benzene rings is 4. The van der Waals surface area contributed by atoms with Crippen LogP contribution in [-0.4, -0.2) is 6.71 Å². The average Bonchev–Trinajstić information content (AvgIpc) is 3.54. The van der Waals surface area contributed by atoms with Gasteiger partial charge >= 0.3 is 0 Å². The molecular formula is C54H67BN2S. The molecule has 4 aliphatic rings. The van der Waals surface area contributed by atoms with Gasteiger partial charge in [0.05, 0.1) is 5.69 Å². The zero-order valence-corrected chi connectivity index (χ0v) is 39.4. The van der Waals surface area contributed by atoms with Crippen LogP contribution in [-0.2, 0) is 32.5 Å². The van der Waals surface area contributed by atoms with Gasteiger partial charge in [0, 0.05) is 38.1 Å². The Hall–Kier alpha value is -3.76. The van der Waals surface area contributed by atoms with Crippen LogP contribution in [0.4, 0.5) is 34.1 Å². The Balaban J connectivity index is 1.43. The molecule has 0 fully saturated rings. The summed E-state index contributed by atoms with van der Waals surface area (Å²) in [5.41, 5.74) is 21.5. The first-order valence-corrected chi connectivity index (χ1v) is 23.0. The van der Waals surface area contributed by atoms with Crippen molar-refractivity contribution in [2.24, 2.45) is 0 Å². The lowest BCUT2D eigenvalue weighted by Crippen LogP contribution is -2.61. The Morgan fingerprint density at radius 3 is 1.67 bits per heavy atom. The van der Waals surface area contributed by atoms with Crippen LogP contribution in [0.15, 0.2) is 66.7 Å². The minimum Gasteiger partial charge on any atom is -0.311 e. The summed E-state index contributed by atoms with van der Waals surface area (Å²) >= 11 is 2.14. The third kappa shape index (κ3) is 5.84. The van der Waals surface area contributed by atoms with E-state index in [4.69, 9.17) is 0 Å². The van der Waals surface area contributed by atoms with Gasteiger partial charge in [0.1, 0.15) is 0 Å². The largest absolute Gasteiger partial charge is 0.311 e. The van der Waals surface area contributed by atoms with Gasteiger partial charge in [-0.05, 0) is 158 Å². The van der Waals surface area contributed by atoms with Crippen LogP contribution >= 0.6 is 11.3 Å². The van der Waals surface area contributed by atoms with Gasteiger partial charge in [0.15, 0.2) is 0 Å². The number of anilines is 6. The van der Waals surface area contributed by atoms with E-state index in [1.54, 1.807) is 16.0 Å². The van der Waals surface area contributed by atoms with E-state index in [9.17, 15) is 0 Å². The first-order valence-electron chi connectivity index (χ1n) is 22.1. The summed E-state index contributed by atoms with van der Waals surface area (Å²) in [6, 6.07) is 27.2. The Kier molecular flexibility index (Phi) is 8.49. The molecule has 2 nitrogen and oxygen atoms in total. The molecular weight excluding hydrogens is 719 g/mol. The lowest BCUT2D eigenvalue weighted by atomic mass is 9.35. The van der Waals surface area contributed by atoms with Crippen LogP contribution in [0.3, 0.4) is 0 Å². The standard InChI is InChI=1S/C54H67BN2S/c1-32-27-42-45-43(28-32)57(40-22-19-35(29-33(40)2)50(6,7)8)46-44-47(54(15,16)26-25-53(44,13)14)58-48(46)55(45)39-30-37-38(52(11,12)24-23-51(37,9)10)31-41(39)56(42)36-20-17-34(18-21-36)49(3,4)5/h17-22,27-31H,23-26H2,1-16H3. The van der Waals surface area contributed by atoms with Gasteiger partial charge in [-0.1, -0.05) is 127 Å². The van der Waals surface area contributed by atoms with E-state index in [2.05, 4.69) is 199 Å². The van der Waals surface area contributed by atoms with Crippen LogP contribution in [0.5, 0.6) is 0 Å². The Labute approximate surface area is 355 Å². The zero-order valence-electron chi connectivity index (χ0n) is 38.6. The highest BCUT2D eigenvalue weighted by molar-refractivity contribution is 7.29. The number of thiophene rings is 1. The van der Waals surface area contributed by atoms with Gasteiger partial charge < -0.3 is 9.80 Å². The first-order chi connectivity index (χ1) is 26.8. The minimum absolute atomic E-state index is 0.0524. The third-order valence-corrected chi connectivity index (χ3v) is 16.6. The number of rotatable bonds is 2. The number of aryl methyl sites for hydroxylation is 2. The molecule has 5 aromatic rings. The van der Waals surface area contributed by atoms with Crippen molar-refractivity contribution in [2.75, 3.05) is 9.80 Å². The van der Waals surface area contributed by atoms with Gasteiger partial charge in [-0.3, -0.25) is 0 Å². The Bertz CT molecular complexity index is 2510. The summed E-state index contributed by atoms with van der Waals surface area (Å²) in [5.74, 6) is 0. The fraction of sp³-hybridized carbons (Fsp3) is 0.481. The van der Waals surface area contributed by atoms with Crippen molar-refractivity contribution in [3.63, 3.8) is 0 Å². The van der Waals surface area contributed by atoms with E-state index < -0.39 is 0 Å². The van der Waals surface area contributed by atoms with Crippen LogP contribution in [0.1, 0.15) is 166 Å². The van der Waals surface area contributed by atoms with Crippen LogP contribution in [0.25, 0.3) is 0 Å². The van der Waals surface area contributed by atoms with Crippen molar-refractivity contribution in [1.29, 1.82) is 0 Å². The Morgan fingerprint density at radius 1 is 0.552 bits per heavy atom. The normalized spacial score (nSPS) is 19.6. The summed E-state index contributed by atoms with van der Waals surface area (Å²) in [5, 5.41) is 0. The van der Waals surface area contributed by atoms with E-state index in [0.29, 0.717) is 0 Å². The van der Waals surface area contributed by atoms with Crippen LogP contribution in [0.2, 0.25) is 0 Å². The number of hydrogen-bond donors (Lipinski definition) is 0. The van der Waals surface area contributed by atoms with Crippen LogP contribution in [0, 0.1) is 13.8 Å². The first kappa shape index (κ1) is 39.7. The van der Waals surface area contributed by atoms with Crippen molar-refractivity contribution < 1.29 is 0 Å². The molecule has 2 aliphatic heterocycles. The van der Waals surface area contributed by atoms with E-state index >= 15 is 0 Å². The molecule has 0 bridgehead atoms. The minimum atomic E-state index is 0.0524. The highest BCUT2D eigenvalue weighted by Crippen LogP contribution is 2.57.